The second-order valence-corrected chi connectivity index (χ2v) is 5.60. The standard InChI is InChI=1S/C14H26N2O2/c1-3-18-13-8-11(9-13)10-14(17)16(2)12-4-6-15-7-5-12/h11-13,15H,3-10H2,1-2H3. The number of nitrogens with zero attached hydrogens (tertiary/aromatic N) is 1. The number of piperidine rings is 1. The third-order valence-electron chi connectivity index (χ3n) is 4.31. The van der Waals surface area contributed by atoms with Gasteiger partial charge in [-0.2, -0.15) is 0 Å². The molecular formula is C14H26N2O2. The van der Waals surface area contributed by atoms with Crippen molar-refractivity contribution in [2.24, 2.45) is 5.92 Å². The monoisotopic (exact) mass is 254 g/mol. The zero-order valence-corrected chi connectivity index (χ0v) is 11.7. The molecule has 2 rings (SSSR count). The van der Waals surface area contributed by atoms with Gasteiger partial charge in [-0.1, -0.05) is 0 Å². The van der Waals surface area contributed by atoms with Gasteiger partial charge in [0.2, 0.25) is 5.91 Å². The highest BCUT2D eigenvalue weighted by atomic mass is 16.5. The summed E-state index contributed by atoms with van der Waals surface area (Å²) >= 11 is 0. The fourth-order valence-electron chi connectivity index (χ4n) is 3.00. The van der Waals surface area contributed by atoms with Crippen molar-refractivity contribution in [3.8, 4) is 0 Å². The first-order valence-electron chi connectivity index (χ1n) is 7.28. The molecule has 0 radical (unpaired) electrons. The number of hydrogen-bond donors (Lipinski definition) is 1. The fraction of sp³-hybridized carbons (Fsp3) is 0.929. The second-order valence-electron chi connectivity index (χ2n) is 5.60. The molecule has 1 aliphatic carbocycles. The minimum absolute atomic E-state index is 0.321. The van der Waals surface area contributed by atoms with Gasteiger partial charge in [-0.25, -0.2) is 0 Å². The highest BCUT2D eigenvalue weighted by Crippen LogP contribution is 2.33. The summed E-state index contributed by atoms with van der Waals surface area (Å²) < 4.78 is 5.53. The molecule has 18 heavy (non-hydrogen) atoms. The third kappa shape index (κ3) is 3.45. The number of carbonyl (C=O) groups is 1. The van der Waals surface area contributed by atoms with Crippen LogP contribution in [0.1, 0.15) is 39.0 Å². The zero-order valence-electron chi connectivity index (χ0n) is 11.7. The molecule has 1 heterocycles. The Morgan fingerprint density at radius 1 is 1.33 bits per heavy atom. The second kappa shape index (κ2) is 6.53. The summed E-state index contributed by atoms with van der Waals surface area (Å²) in [5, 5.41) is 3.34. The lowest BCUT2D eigenvalue weighted by atomic mass is 9.79. The van der Waals surface area contributed by atoms with E-state index in [1.807, 2.05) is 18.9 Å². The highest BCUT2D eigenvalue weighted by Gasteiger charge is 2.33. The largest absolute Gasteiger partial charge is 0.378 e. The average Bonchev–Trinajstić information content (AvgIpc) is 2.36. The Morgan fingerprint density at radius 3 is 2.61 bits per heavy atom. The normalized spacial score (nSPS) is 28.8. The SMILES string of the molecule is CCOC1CC(CC(=O)N(C)C2CCNCC2)C1. The minimum Gasteiger partial charge on any atom is -0.378 e. The first-order chi connectivity index (χ1) is 8.70. The summed E-state index contributed by atoms with van der Waals surface area (Å²) in [5.41, 5.74) is 0. The van der Waals surface area contributed by atoms with Crippen LogP contribution in [0.15, 0.2) is 0 Å². The van der Waals surface area contributed by atoms with Crippen LogP contribution in [0.2, 0.25) is 0 Å². The predicted molar refractivity (Wildman–Crippen MR) is 71.4 cm³/mol. The minimum atomic E-state index is 0.321. The third-order valence-corrected chi connectivity index (χ3v) is 4.31. The van der Waals surface area contributed by atoms with E-state index < -0.39 is 0 Å². The average molecular weight is 254 g/mol. The van der Waals surface area contributed by atoms with Gasteiger partial charge in [0.1, 0.15) is 0 Å². The van der Waals surface area contributed by atoms with E-state index in [4.69, 9.17) is 4.74 Å². The lowest BCUT2D eigenvalue weighted by Crippen LogP contribution is -2.45. The molecule has 0 spiro atoms. The summed E-state index contributed by atoms with van der Waals surface area (Å²) in [7, 11) is 1.97. The van der Waals surface area contributed by atoms with Gasteiger partial charge in [0.15, 0.2) is 0 Å². The Hall–Kier alpha value is -0.610. The number of carbonyl (C=O) groups excluding carboxylic acids is 1. The Labute approximate surface area is 110 Å². The van der Waals surface area contributed by atoms with Crippen LogP contribution in [0, 0.1) is 5.92 Å². The Kier molecular flexibility index (Phi) is 5.01. The Morgan fingerprint density at radius 2 is 2.00 bits per heavy atom. The summed E-state index contributed by atoms with van der Waals surface area (Å²) in [4.78, 5) is 14.2. The van der Waals surface area contributed by atoms with Gasteiger partial charge in [-0.3, -0.25) is 4.79 Å². The van der Waals surface area contributed by atoms with Crippen LogP contribution in [-0.2, 0) is 9.53 Å². The molecule has 0 aromatic rings. The number of amides is 1. The van der Waals surface area contributed by atoms with Gasteiger partial charge in [-0.05, 0) is 51.6 Å². The molecule has 4 heteroatoms. The maximum atomic E-state index is 12.2. The van der Waals surface area contributed by atoms with Crippen molar-refractivity contribution in [2.45, 2.75) is 51.2 Å². The van der Waals surface area contributed by atoms with Crippen LogP contribution in [0.4, 0.5) is 0 Å². The fourth-order valence-corrected chi connectivity index (χ4v) is 3.00. The van der Waals surface area contributed by atoms with Crippen molar-refractivity contribution in [3.63, 3.8) is 0 Å². The summed E-state index contributed by atoms with van der Waals surface area (Å²) in [5.74, 6) is 0.875. The lowest BCUT2D eigenvalue weighted by molar-refractivity contribution is -0.135. The van der Waals surface area contributed by atoms with Crippen molar-refractivity contribution >= 4 is 5.91 Å². The number of ether oxygens (including phenoxy) is 1. The van der Waals surface area contributed by atoms with E-state index in [1.165, 1.54) is 0 Å². The van der Waals surface area contributed by atoms with E-state index in [9.17, 15) is 4.79 Å². The summed E-state index contributed by atoms with van der Waals surface area (Å²) in [6.07, 6.45) is 5.45. The molecule has 2 aliphatic rings. The Balaban J connectivity index is 1.68. The lowest BCUT2D eigenvalue weighted by Gasteiger charge is -2.37. The zero-order chi connectivity index (χ0) is 13.0. The molecule has 104 valence electrons. The summed E-state index contributed by atoms with van der Waals surface area (Å²) in [6.45, 7) is 4.90. The van der Waals surface area contributed by atoms with Gasteiger partial charge in [-0.15, -0.1) is 0 Å². The number of hydrogen-bond acceptors (Lipinski definition) is 3. The molecule has 1 saturated carbocycles. The summed E-state index contributed by atoms with van der Waals surface area (Å²) in [6, 6.07) is 0.446. The first kappa shape index (κ1) is 13.8. The number of rotatable bonds is 5. The van der Waals surface area contributed by atoms with E-state index >= 15 is 0 Å². The first-order valence-corrected chi connectivity index (χ1v) is 7.28. The van der Waals surface area contributed by atoms with E-state index in [0.717, 1.165) is 45.4 Å². The highest BCUT2D eigenvalue weighted by molar-refractivity contribution is 5.76. The molecule has 0 atom stereocenters. The van der Waals surface area contributed by atoms with Crippen molar-refractivity contribution in [3.05, 3.63) is 0 Å². The maximum absolute atomic E-state index is 12.2. The van der Waals surface area contributed by atoms with Crippen molar-refractivity contribution in [1.82, 2.24) is 10.2 Å². The van der Waals surface area contributed by atoms with Gasteiger partial charge in [0, 0.05) is 26.1 Å². The molecular weight excluding hydrogens is 228 g/mol. The van der Waals surface area contributed by atoms with Crippen molar-refractivity contribution in [1.29, 1.82) is 0 Å². The molecule has 2 fully saturated rings. The topological polar surface area (TPSA) is 41.6 Å². The molecule has 0 bridgehead atoms. The van der Waals surface area contributed by atoms with Gasteiger partial charge in [0.05, 0.1) is 6.10 Å². The van der Waals surface area contributed by atoms with Crippen LogP contribution < -0.4 is 5.32 Å². The molecule has 1 N–H and O–H groups in total. The molecule has 0 aromatic heterocycles. The van der Waals surface area contributed by atoms with Crippen LogP contribution in [0.5, 0.6) is 0 Å². The predicted octanol–water partition coefficient (Wildman–Crippen LogP) is 1.40. The van der Waals surface area contributed by atoms with Gasteiger partial charge in [0.25, 0.3) is 0 Å². The molecule has 0 unspecified atom stereocenters. The molecule has 1 amide bonds. The van der Waals surface area contributed by atoms with Crippen molar-refractivity contribution in [2.75, 3.05) is 26.7 Å². The smallest absolute Gasteiger partial charge is 0.222 e. The van der Waals surface area contributed by atoms with E-state index in [2.05, 4.69) is 5.32 Å². The van der Waals surface area contributed by atoms with Gasteiger partial charge >= 0.3 is 0 Å². The molecule has 1 saturated heterocycles. The van der Waals surface area contributed by atoms with Crippen LogP contribution >= 0.6 is 0 Å². The van der Waals surface area contributed by atoms with Gasteiger partial charge < -0.3 is 15.0 Å². The van der Waals surface area contributed by atoms with Crippen LogP contribution in [-0.4, -0.2) is 49.7 Å². The number of nitrogens with one attached hydrogen (secondary N) is 1. The molecule has 0 aromatic carbocycles. The Bertz CT molecular complexity index is 271. The maximum Gasteiger partial charge on any atom is 0.222 e. The molecule has 1 aliphatic heterocycles. The van der Waals surface area contributed by atoms with Crippen molar-refractivity contribution < 1.29 is 9.53 Å². The van der Waals surface area contributed by atoms with Crippen LogP contribution in [0.3, 0.4) is 0 Å². The van der Waals surface area contributed by atoms with E-state index in [0.29, 0.717) is 30.4 Å². The van der Waals surface area contributed by atoms with E-state index in [1.54, 1.807) is 0 Å². The van der Waals surface area contributed by atoms with Crippen LogP contribution in [0.25, 0.3) is 0 Å². The van der Waals surface area contributed by atoms with E-state index in [-0.39, 0.29) is 0 Å². The molecule has 4 nitrogen and oxygen atoms in total. The quantitative estimate of drug-likeness (QED) is 0.806.